The van der Waals surface area contributed by atoms with Gasteiger partial charge in [0.25, 0.3) is 5.69 Å². The van der Waals surface area contributed by atoms with Crippen molar-refractivity contribution in [1.29, 1.82) is 0 Å². The molecule has 0 spiro atoms. The first-order valence-electron chi connectivity index (χ1n) is 8.70. The third-order valence-electron chi connectivity index (χ3n) is 3.97. The van der Waals surface area contributed by atoms with E-state index in [1.807, 2.05) is 30.3 Å². The molecule has 0 aliphatic rings. The van der Waals surface area contributed by atoms with Gasteiger partial charge in [-0.1, -0.05) is 30.3 Å². The summed E-state index contributed by atoms with van der Waals surface area (Å²) in [6, 6.07) is 14.1. The zero-order valence-electron chi connectivity index (χ0n) is 15.1. The second-order valence-corrected chi connectivity index (χ2v) is 6.11. The Morgan fingerprint density at radius 3 is 2.52 bits per heavy atom. The summed E-state index contributed by atoms with van der Waals surface area (Å²) in [5, 5.41) is 13.4. The van der Waals surface area contributed by atoms with Crippen molar-refractivity contribution >= 4 is 23.3 Å². The number of nitro benzene ring substituents is 1. The summed E-state index contributed by atoms with van der Waals surface area (Å²) in [7, 11) is 0. The summed E-state index contributed by atoms with van der Waals surface area (Å²) in [6.07, 6.45) is 1.54. The van der Waals surface area contributed by atoms with Gasteiger partial charge in [0.05, 0.1) is 18.0 Å². The van der Waals surface area contributed by atoms with Gasteiger partial charge in [-0.2, -0.15) is 0 Å². The lowest BCUT2D eigenvalue weighted by molar-refractivity contribution is -0.384. The Balaban J connectivity index is 1.67. The van der Waals surface area contributed by atoms with E-state index in [0.29, 0.717) is 17.9 Å². The van der Waals surface area contributed by atoms with Crippen LogP contribution >= 0.6 is 0 Å². The van der Waals surface area contributed by atoms with Crippen LogP contribution in [-0.2, 0) is 20.7 Å². The third kappa shape index (κ3) is 6.89. The molecule has 0 aliphatic carbocycles. The van der Waals surface area contributed by atoms with Gasteiger partial charge in [-0.25, -0.2) is 0 Å². The molecule has 0 atom stereocenters. The lowest BCUT2D eigenvalue weighted by Crippen LogP contribution is -2.15. The van der Waals surface area contributed by atoms with Gasteiger partial charge in [-0.3, -0.25) is 19.7 Å². The van der Waals surface area contributed by atoms with Gasteiger partial charge in [-0.05, 0) is 37.0 Å². The minimum atomic E-state index is -0.494. The summed E-state index contributed by atoms with van der Waals surface area (Å²) in [5.41, 5.74) is 2.22. The number of nitrogens with zero attached hydrogens (tertiary/aromatic N) is 1. The maximum absolute atomic E-state index is 12.0. The molecule has 2 aromatic carbocycles. The first-order valence-corrected chi connectivity index (χ1v) is 8.70. The third-order valence-corrected chi connectivity index (χ3v) is 3.97. The fourth-order valence-corrected chi connectivity index (χ4v) is 2.51. The van der Waals surface area contributed by atoms with Crippen LogP contribution in [0, 0.1) is 17.0 Å². The maximum atomic E-state index is 12.0. The number of rotatable bonds is 9. The van der Waals surface area contributed by atoms with E-state index >= 15 is 0 Å². The highest BCUT2D eigenvalue weighted by Gasteiger charge is 2.12. The van der Waals surface area contributed by atoms with Gasteiger partial charge in [0.15, 0.2) is 0 Å². The van der Waals surface area contributed by atoms with E-state index in [4.69, 9.17) is 4.74 Å². The van der Waals surface area contributed by atoms with Crippen molar-refractivity contribution in [3.63, 3.8) is 0 Å². The fraction of sp³-hybridized carbons (Fsp3) is 0.300. The second-order valence-electron chi connectivity index (χ2n) is 6.11. The van der Waals surface area contributed by atoms with Crippen LogP contribution in [0.3, 0.4) is 0 Å². The van der Waals surface area contributed by atoms with Gasteiger partial charge < -0.3 is 10.1 Å². The lowest BCUT2D eigenvalue weighted by Gasteiger charge is -2.08. The van der Waals surface area contributed by atoms with Crippen molar-refractivity contribution in [2.45, 2.75) is 32.6 Å². The number of benzene rings is 2. The molecule has 0 fully saturated rings. The molecule has 1 N–H and O–H groups in total. The van der Waals surface area contributed by atoms with E-state index in [-0.39, 0.29) is 24.4 Å². The van der Waals surface area contributed by atoms with Crippen LogP contribution in [0.2, 0.25) is 0 Å². The van der Waals surface area contributed by atoms with Crippen LogP contribution in [0.1, 0.15) is 30.4 Å². The monoisotopic (exact) mass is 370 g/mol. The average Bonchev–Trinajstić information content (AvgIpc) is 2.66. The van der Waals surface area contributed by atoms with Crippen molar-refractivity contribution < 1.29 is 19.2 Å². The molecule has 142 valence electrons. The summed E-state index contributed by atoms with van der Waals surface area (Å²) < 4.78 is 5.14. The summed E-state index contributed by atoms with van der Waals surface area (Å²) in [5.74, 6) is -0.758. The normalized spacial score (nSPS) is 10.3. The van der Waals surface area contributed by atoms with Gasteiger partial charge in [0, 0.05) is 24.2 Å². The lowest BCUT2D eigenvalue weighted by atomic mass is 10.1. The number of esters is 1. The number of amides is 1. The minimum absolute atomic E-state index is 0.00601. The predicted octanol–water partition coefficient (Wildman–Crippen LogP) is 3.80. The Labute approximate surface area is 157 Å². The predicted molar refractivity (Wildman–Crippen MR) is 101 cm³/mol. The quantitative estimate of drug-likeness (QED) is 0.313. The number of aryl methyl sites for hydroxylation is 2. The Kier molecular flexibility index (Phi) is 7.49. The molecule has 0 aromatic heterocycles. The molecule has 0 saturated carbocycles. The zero-order chi connectivity index (χ0) is 19.6. The summed E-state index contributed by atoms with van der Waals surface area (Å²) >= 11 is 0. The van der Waals surface area contributed by atoms with Gasteiger partial charge in [-0.15, -0.1) is 0 Å². The number of hydrogen-bond acceptors (Lipinski definition) is 5. The van der Waals surface area contributed by atoms with Crippen molar-refractivity contribution in [3.8, 4) is 0 Å². The Hall–Kier alpha value is -3.22. The van der Waals surface area contributed by atoms with E-state index < -0.39 is 10.9 Å². The first kappa shape index (κ1) is 20.1. The molecule has 7 heteroatoms. The van der Waals surface area contributed by atoms with Crippen molar-refractivity contribution in [2.75, 3.05) is 11.9 Å². The molecule has 2 aromatic rings. The highest BCUT2D eigenvalue weighted by atomic mass is 16.6. The number of nitrogens with one attached hydrogen (secondary N) is 1. The van der Waals surface area contributed by atoms with E-state index in [9.17, 15) is 19.7 Å². The molecule has 0 heterocycles. The molecule has 0 unspecified atom stereocenters. The first-order chi connectivity index (χ1) is 13.0. The topological polar surface area (TPSA) is 98.5 Å². The minimum Gasteiger partial charge on any atom is -0.466 e. The van der Waals surface area contributed by atoms with Crippen molar-refractivity contribution in [1.82, 2.24) is 0 Å². The van der Waals surface area contributed by atoms with Crippen LogP contribution < -0.4 is 5.32 Å². The summed E-state index contributed by atoms with van der Waals surface area (Å²) in [4.78, 5) is 33.9. The molecule has 0 aliphatic heterocycles. The number of nitro groups is 1. The van der Waals surface area contributed by atoms with Crippen LogP contribution in [0.25, 0.3) is 0 Å². The van der Waals surface area contributed by atoms with Gasteiger partial charge >= 0.3 is 5.97 Å². The maximum Gasteiger partial charge on any atom is 0.306 e. The molecule has 27 heavy (non-hydrogen) atoms. The standard InChI is InChI=1S/C20H22N2O5/c1-15-14-17(22(25)26)9-10-18(15)21-19(23)11-12-20(24)27-13-5-8-16-6-3-2-4-7-16/h2-4,6-7,9-10,14H,5,8,11-13H2,1H3,(H,21,23). The number of hydrogen-bond donors (Lipinski definition) is 1. The highest BCUT2D eigenvalue weighted by Crippen LogP contribution is 2.21. The largest absolute Gasteiger partial charge is 0.466 e. The average molecular weight is 370 g/mol. The van der Waals surface area contributed by atoms with Crippen LogP contribution in [-0.4, -0.2) is 23.4 Å². The molecule has 7 nitrogen and oxygen atoms in total. The van der Waals surface area contributed by atoms with Crippen LogP contribution in [0.5, 0.6) is 0 Å². The Morgan fingerprint density at radius 2 is 1.85 bits per heavy atom. The zero-order valence-corrected chi connectivity index (χ0v) is 15.1. The second kappa shape index (κ2) is 10.1. The highest BCUT2D eigenvalue weighted by molar-refractivity contribution is 5.93. The molecule has 2 rings (SSSR count). The smallest absolute Gasteiger partial charge is 0.306 e. The van der Waals surface area contributed by atoms with Gasteiger partial charge in [0.1, 0.15) is 0 Å². The SMILES string of the molecule is Cc1cc([N+](=O)[O-])ccc1NC(=O)CCC(=O)OCCCc1ccccc1. The van der Waals surface area contributed by atoms with Crippen LogP contribution in [0.15, 0.2) is 48.5 Å². The van der Waals surface area contributed by atoms with E-state index in [0.717, 1.165) is 12.8 Å². The van der Waals surface area contributed by atoms with Gasteiger partial charge in [0.2, 0.25) is 5.91 Å². The van der Waals surface area contributed by atoms with E-state index in [1.54, 1.807) is 6.92 Å². The molecule has 0 saturated heterocycles. The molecular weight excluding hydrogens is 348 g/mol. The van der Waals surface area contributed by atoms with Crippen molar-refractivity contribution in [2.24, 2.45) is 0 Å². The number of carbonyl (C=O) groups is 2. The van der Waals surface area contributed by atoms with E-state index in [2.05, 4.69) is 5.32 Å². The number of anilines is 1. The van der Waals surface area contributed by atoms with Crippen molar-refractivity contribution in [3.05, 3.63) is 69.8 Å². The van der Waals surface area contributed by atoms with E-state index in [1.165, 1.54) is 23.8 Å². The number of ether oxygens (including phenoxy) is 1. The van der Waals surface area contributed by atoms with Crippen LogP contribution in [0.4, 0.5) is 11.4 Å². The number of non-ortho nitro benzene ring substituents is 1. The molecular formula is C20H22N2O5. The summed E-state index contributed by atoms with van der Waals surface area (Å²) in [6.45, 7) is 1.99. The molecule has 0 radical (unpaired) electrons. The fourth-order valence-electron chi connectivity index (χ4n) is 2.51. The Bertz CT molecular complexity index is 805. The Morgan fingerprint density at radius 1 is 1.11 bits per heavy atom. The molecule has 1 amide bonds. The molecule has 0 bridgehead atoms. The number of carbonyl (C=O) groups excluding carboxylic acids is 2.